The lowest BCUT2D eigenvalue weighted by molar-refractivity contribution is -0.123. The number of nitrogens with one attached hydrogen (secondary N) is 3. The number of para-hydroxylation sites is 1. The van der Waals surface area contributed by atoms with Crippen LogP contribution in [0.5, 0.6) is 5.75 Å². The van der Waals surface area contributed by atoms with E-state index in [1.807, 2.05) is 12.1 Å². The summed E-state index contributed by atoms with van der Waals surface area (Å²) in [5.74, 6) is -0.336. The molecule has 0 aliphatic carbocycles. The van der Waals surface area contributed by atoms with Crippen molar-refractivity contribution < 1.29 is 14.3 Å². The number of carbonyl (C=O) groups excluding carboxylic acids is 2. The van der Waals surface area contributed by atoms with E-state index in [-0.39, 0.29) is 11.7 Å². The number of halogens is 1. The van der Waals surface area contributed by atoms with E-state index in [0.717, 1.165) is 0 Å². The van der Waals surface area contributed by atoms with E-state index in [1.54, 1.807) is 48.5 Å². The van der Waals surface area contributed by atoms with Gasteiger partial charge in [0.15, 0.2) is 11.7 Å². The van der Waals surface area contributed by atoms with Crippen LogP contribution in [0.4, 0.5) is 0 Å². The number of rotatable bonds is 5. The van der Waals surface area contributed by atoms with Crippen LogP contribution in [0.25, 0.3) is 6.08 Å². The molecule has 8 heteroatoms. The van der Waals surface area contributed by atoms with Gasteiger partial charge in [-0.3, -0.25) is 25.8 Å². The van der Waals surface area contributed by atoms with Gasteiger partial charge in [-0.1, -0.05) is 48.0 Å². The molecule has 2 aromatic rings. The number of thiocarbonyl (C=S) groups is 1. The van der Waals surface area contributed by atoms with Crippen LogP contribution in [0.3, 0.4) is 0 Å². The quantitative estimate of drug-likeness (QED) is 0.416. The first-order chi connectivity index (χ1) is 12.5. The Balaban J connectivity index is 1.70. The number of hydrogen-bond acceptors (Lipinski definition) is 4. The van der Waals surface area contributed by atoms with Gasteiger partial charge in [0.2, 0.25) is 5.91 Å². The van der Waals surface area contributed by atoms with Gasteiger partial charge in [0.05, 0.1) is 0 Å². The molecule has 0 fully saturated rings. The van der Waals surface area contributed by atoms with Gasteiger partial charge in [-0.25, -0.2) is 0 Å². The molecule has 0 unspecified atom stereocenters. The highest BCUT2D eigenvalue weighted by molar-refractivity contribution is 7.80. The average Bonchev–Trinajstić information content (AvgIpc) is 2.65. The SMILES string of the molecule is O=C(/C=C/c1ccccc1Cl)NC(=S)NNC(=O)COc1ccccc1. The van der Waals surface area contributed by atoms with Gasteiger partial charge in [0, 0.05) is 11.1 Å². The maximum atomic E-state index is 11.8. The number of ether oxygens (including phenoxy) is 1. The van der Waals surface area contributed by atoms with Crippen LogP contribution in [0.1, 0.15) is 5.56 Å². The minimum absolute atomic E-state index is 0.0492. The van der Waals surface area contributed by atoms with E-state index in [2.05, 4.69) is 16.2 Å². The molecule has 0 atom stereocenters. The number of carbonyl (C=O) groups is 2. The monoisotopic (exact) mass is 389 g/mol. The van der Waals surface area contributed by atoms with E-state index in [1.165, 1.54) is 6.08 Å². The number of hydrazine groups is 1. The number of benzene rings is 2. The molecule has 0 heterocycles. The third-order valence-corrected chi connectivity index (χ3v) is 3.53. The van der Waals surface area contributed by atoms with Gasteiger partial charge in [-0.15, -0.1) is 0 Å². The maximum absolute atomic E-state index is 11.8. The second-order valence-corrected chi connectivity index (χ2v) is 5.76. The van der Waals surface area contributed by atoms with E-state index in [0.29, 0.717) is 16.3 Å². The Kier molecular flexibility index (Phi) is 7.60. The molecule has 0 bridgehead atoms. The fourth-order valence-corrected chi connectivity index (χ4v) is 2.14. The molecule has 2 aromatic carbocycles. The second-order valence-electron chi connectivity index (χ2n) is 4.95. The molecule has 26 heavy (non-hydrogen) atoms. The lowest BCUT2D eigenvalue weighted by atomic mass is 10.2. The van der Waals surface area contributed by atoms with Crippen LogP contribution in [0.2, 0.25) is 5.02 Å². The van der Waals surface area contributed by atoms with Gasteiger partial charge in [-0.05, 0) is 42.1 Å². The zero-order chi connectivity index (χ0) is 18.8. The molecule has 3 N–H and O–H groups in total. The normalized spacial score (nSPS) is 10.2. The van der Waals surface area contributed by atoms with Crippen molar-refractivity contribution in [1.29, 1.82) is 0 Å². The predicted molar refractivity (Wildman–Crippen MR) is 104 cm³/mol. The molecule has 134 valence electrons. The number of hydrogen-bond donors (Lipinski definition) is 3. The molecule has 2 amide bonds. The van der Waals surface area contributed by atoms with E-state index >= 15 is 0 Å². The fourth-order valence-electron chi connectivity index (χ4n) is 1.79. The van der Waals surface area contributed by atoms with Crippen molar-refractivity contribution in [1.82, 2.24) is 16.2 Å². The molecular formula is C18H16ClN3O3S. The Morgan fingerprint density at radius 3 is 2.46 bits per heavy atom. The summed E-state index contributed by atoms with van der Waals surface area (Å²) in [5.41, 5.74) is 5.45. The van der Waals surface area contributed by atoms with Crippen molar-refractivity contribution in [2.24, 2.45) is 0 Å². The Morgan fingerprint density at radius 2 is 1.73 bits per heavy atom. The smallest absolute Gasteiger partial charge is 0.276 e. The lowest BCUT2D eigenvalue weighted by Gasteiger charge is -2.10. The third kappa shape index (κ3) is 6.92. The molecule has 0 aliphatic rings. The molecule has 0 aliphatic heterocycles. The summed E-state index contributed by atoms with van der Waals surface area (Å²) in [7, 11) is 0. The summed E-state index contributed by atoms with van der Waals surface area (Å²) in [6, 6.07) is 16.0. The topological polar surface area (TPSA) is 79.5 Å². The van der Waals surface area contributed by atoms with Crippen LogP contribution in [-0.2, 0) is 9.59 Å². The molecular weight excluding hydrogens is 374 g/mol. The van der Waals surface area contributed by atoms with Gasteiger partial charge in [-0.2, -0.15) is 0 Å². The van der Waals surface area contributed by atoms with E-state index in [4.69, 9.17) is 28.6 Å². The minimum atomic E-state index is -0.461. The zero-order valence-corrected chi connectivity index (χ0v) is 15.1. The zero-order valence-electron chi connectivity index (χ0n) is 13.6. The summed E-state index contributed by atoms with van der Waals surface area (Å²) in [6.45, 7) is -0.194. The van der Waals surface area contributed by atoms with Crippen LogP contribution >= 0.6 is 23.8 Å². The molecule has 0 radical (unpaired) electrons. The van der Waals surface area contributed by atoms with Gasteiger partial charge in [0.25, 0.3) is 5.91 Å². The summed E-state index contributed by atoms with van der Waals surface area (Å²) < 4.78 is 5.27. The molecule has 0 aromatic heterocycles. The highest BCUT2D eigenvalue weighted by Crippen LogP contribution is 2.15. The first-order valence-corrected chi connectivity index (χ1v) is 8.33. The summed E-state index contributed by atoms with van der Waals surface area (Å²) >= 11 is 10.9. The Morgan fingerprint density at radius 1 is 1.04 bits per heavy atom. The van der Waals surface area contributed by atoms with Crippen LogP contribution in [0.15, 0.2) is 60.7 Å². The van der Waals surface area contributed by atoms with Gasteiger partial charge < -0.3 is 4.74 Å². The second kappa shape index (κ2) is 10.2. The Labute approximate surface area is 161 Å². The summed E-state index contributed by atoms with van der Waals surface area (Å²) in [6.07, 6.45) is 2.85. The molecule has 0 saturated carbocycles. The first-order valence-electron chi connectivity index (χ1n) is 7.55. The van der Waals surface area contributed by atoms with E-state index < -0.39 is 11.8 Å². The van der Waals surface area contributed by atoms with Crippen molar-refractivity contribution in [2.75, 3.05) is 6.61 Å². The molecule has 2 rings (SSSR count). The predicted octanol–water partition coefficient (Wildman–Crippen LogP) is 2.45. The highest BCUT2D eigenvalue weighted by Gasteiger charge is 2.05. The minimum Gasteiger partial charge on any atom is -0.484 e. The third-order valence-electron chi connectivity index (χ3n) is 2.98. The molecule has 0 spiro atoms. The van der Waals surface area contributed by atoms with Gasteiger partial charge in [0.1, 0.15) is 5.75 Å². The Hall–Kier alpha value is -2.90. The standard InChI is InChI=1S/C18H16ClN3O3S/c19-15-9-5-4-6-13(15)10-11-16(23)20-18(26)22-21-17(24)12-25-14-7-2-1-3-8-14/h1-11H,12H2,(H,21,24)(H2,20,22,23,26)/b11-10+. The van der Waals surface area contributed by atoms with Crippen molar-refractivity contribution in [3.8, 4) is 5.75 Å². The summed E-state index contributed by atoms with van der Waals surface area (Å²) in [5, 5.41) is 2.88. The van der Waals surface area contributed by atoms with E-state index in [9.17, 15) is 9.59 Å². The van der Waals surface area contributed by atoms with Gasteiger partial charge >= 0.3 is 0 Å². The van der Waals surface area contributed by atoms with Crippen molar-refractivity contribution in [3.05, 3.63) is 71.3 Å². The fraction of sp³-hybridized carbons (Fsp3) is 0.0556. The lowest BCUT2D eigenvalue weighted by Crippen LogP contribution is -2.49. The largest absolute Gasteiger partial charge is 0.484 e. The van der Waals surface area contributed by atoms with Crippen LogP contribution in [0, 0.1) is 0 Å². The van der Waals surface area contributed by atoms with Crippen LogP contribution in [-0.4, -0.2) is 23.5 Å². The maximum Gasteiger partial charge on any atom is 0.276 e. The highest BCUT2D eigenvalue weighted by atomic mass is 35.5. The van der Waals surface area contributed by atoms with Crippen molar-refractivity contribution in [3.63, 3.8) is 0 Å². The molecule has 0 saturated heterocycles. The number of amides is 2. The Bertz CT molecular complexity index is 812. The van der Waals surface area contributed by atoms with Crippen molar-refractivity contribution in [2.45, 2.75) is 0 Å². The average molecular weight is 390 g/mol. The summed E-state index contributed by atoms with van der Waals surface area (Å²) in [4.78, 5) is 23.4. The molecule has 6 nitrogen and oxygen atoms in total. The van der Waals surface area contributed by atoms with Crippen LogP contribution < -0.4 is 20.9 Å². The van der Waals surface area contributed by atoms with Crippen molar-refractivity contribution >= 4 is 46.8 Å². The first kappa shape index (κ1) is 19.4.